The first kappa shape index (κ1) is 12.9. The van der Waals surface area contributed by atoms with Gasteiger partial charge in [0.2, 0.25) is 0 Å². The average molecular weight is 238 g/mol. The van der Waals surface area contributed by atoms with Gasteiger partial charge in [0.25, 0.3) is 0 Å². The highest BCUT2D eigenvalue weighted by Crippen LogP contribution is 2.30. The summed E-state index contributed by atoms with van der Waals surface area (Å²) in [5.41, 5.74) is 4.25. The van der Waals surface area contributed by atoms with Gasteiger partial charge in [-0.3, -0.25) is 0 Å². The molecule has 0 aromatic heterocycles. The Kier molecular flexibility index (Phi) is 4.58. The summed E-state index contributed by atoms with van der Waals surface area (Å²) >= 11 is 0. The lowest BCUT2D eigenvalue weighted by Crippen LogP contribution is -2.01. The highest BCUT2D eigenvalue weighted by atomic mass is 14.2. The van der Waals surface area contributed by atoms with Crippen LogP contribution < -0.4 is 0 Å². The monoisotopic (exact) mass is 238 g/mol. The topological polar surface area (TPSA) is 0 Å². The van der Waals surface area contributed by atoms with E-state index in [1.165, 1.54) is 36.0 Å². The van der Waals surface area contributed by atoms with Crippen molar-refractivity contribution >= 4 is 0 Å². The average Bonchev–Trinajstić information content (AvgIpc) is 2.40. The standard InChI is InChI=1S/C18H22/c1-3-4-13-18(16-10-6-5-7-11-16)17-12-8-9-15(2)14-17/h5-12,14,18H,3-4,13H2,1-2H3. The van der Waals surface area contributed by atoms with Gasteiger partial charge in [0.05, 0.1) is 0 Å². The van der Waals surface area contributed by atoms with E-state index in [9.17, 15) is 0 Å². The molecule has 0 aliphatic carbocycles. The van der Waals surface area contributed by atoms with E-state index in [0.29, 0.717) is 5.92 Å². The molecule has 1 atom stereocenters. The zero-order valence-corrected chi connectivity index (χ0v) is 11.4. The zero-order valence-electron chi connectivity index (χ0n) is 11.4. The first-order valence-electron chi connectivity index (χ1n) is 6.92. The summed E-state index contributed by atoms with van der Waals surface area (Å²) in [7, 11) is 0. The molecule has 0 heteroatoms. The number of rotatable bonds is 5. The molecule has 0 saturated heterocycles. The predicted molar refractivity (Wildman–Crippen MR) is 79.0 cm³/mol. The number of unbranched alkanes of at least 4 members (excludes halogenated alkanes) is 1. The van der Waals surface area contributed by atoms with E-state index in [1.54, 1.807) is 0 Å². The fourth-order valence-corrected chi connectivity index (χ4v) is 2.51. The fraction of sp³-hybridized carbons (Fsp3) is 0.333. The minimum absolute atomic E-state index is 0.547. The molecule has 2 aromatic carbocycles. The SMILES string of the molecule is CCCCC(c1ccccc1)c1cccc(C)c1. The molecule has 94 valence electrons. The summed E-state index contributed by atoms with van der Waals surface area (Å²) in [5.74, 6) is 0.547. The van der Waals surface area contributed by atoms with Crippen LogP contribution in [0.15, 0.2) is 54.6 Å². The Morgan fingerprint density at radius 3 is 2.28 bits per heavy atom. The Labute approximate surface area is 111 Å². The molecule has 0 aliphatic rings. The first-order valence-corrected chi connectivity index (χ1v) is 6.92. The normalized spacial score (nSPS) is 12.3. The lowest BCUT2D eigenvalue weighted by molar-refractivity contribution is 0.650. The van der Waals surface area contributed by atoms with Crippen LogP contribution in [0, 0.1) is 6.92 Å². The van der Waals surface area contributed by atoms with Crippen LogP contribution in [0.1, 0.15) is 48.8 Å². The maximum Gasteiger partial charge on any atom is 0.00894 e. The molecule has 0 nitrogen and oxygen atoms in total. The van der Waals surface area contributed by atoms with Crippen molar-refractivity contribution in [3.8, 4) is 0 Å². The molecule has 0 radical (unpaired) electrons. The fourth-order valence-electron chi connectivity index (χ4n) is 2.51. The van der Waals surface area contributed by atoms with Gasteiger partial charge in [0, 0.05) is 5.92 Å². The molecule has 18 heavy (non-hydrogen) atoms. The second kappa shape index (κ2) is 6.39. The van der Waals surface area contributed by atoms with E-state index in [2.05, 4.69) is 68.4 Å². The van der Waals surface area contributed by atoms with E-state index in [-0.39, 0.29) is 0 Å². The third-order valence-electron chi connectivity index (χ3n) is 3.49. The lowest BCUT2D eigenvalue weighted by atomic mass is 9.86. The van der Waals surface area contributed by atoms with Crippen LogP contribution in [0.4, 0.5) is 0 Å². The summed E-state index contributed by atoms with van der Waals surface area (Å²) in [4.78, 5) is 0. The van der Waals surface area contributed by atoms with Crippen LogP contribution >= 0.6 is 0 Å². The summed E-state index contributed by atoms with van der Waals surface area (Å²) < 4.78 is 0. The number of hydrogen-bond donors (Lipinski definition) is 0. The maximum atomic E-state index is 2.33. The van der Waals surface area contributed by atoms with Crippen molar-refractivity contribution in [1.29, 1.82) is 0 Å². The molecule has 0 amide bonds. The summed E-state index contributed by atoms with van der Waals surface area (Å²) in [5, 5.41) is 0. The lowest BCUT2D eigenvalue weighted by Gasteiger charge is -2.18. The zero-order chi connectivity index (χ0) is 12.8. The Hall–Kier alpha value is -1.56. The highest BCUT2D eigenvalue weighted by Gasteiger charge is 2.13. The second-order valence-electron chi connectivity index (χ2n) is 5.02. The van der Waals surface area contributed by atoms with Crippen molar-refractivity contribution in [3.05, 3.63) is 71.3 Å². The van der Waals surface area contributed by atoms with Gasteiger partial charge in [-0.2, -0.15) is 0 Å². The molecule has 0 fully saturated rings. The molecule has 0 heterocycles. The van der Waals surface area contributed by atoms with Gasteiger partial charge in [0.1, 0.15) is 0 Å². The number of hydrogen-bond acceptors (Lipinski definition) is 0. The number of benzene rings is 2. The minimum Gasteiger partial charge on any atom is -0.0654 e. The summed E-state index contributed by atoms with van der Waals surface area (Å²) in [6.45, 7) is 4.43. The largest absolute Gasteiger partial charge is 0.0654 e. The summed E-state index contributed by atoms with van der Waals surface area (Å²) in [6, 6.07) is 19.8. The molecule has 1 unspecified atom stereocenters. The van der Waals surface area contributed by atoms with Crippen LogP contribution in [-0.4, -0.2) is 0 Å². The van der Waals surface area contributed by atoms with E-state index in [0.717, 1.165) is 0 Å². The van der Waals surface area contributed by atoms with Gasteiger partial charge >= 0.3 is 0 Å². The number of aryl methyl sites for hydroxylation is 1. The van der Waals surface area contributed by atoms with E-state index >= 15 is 0 Å². The quantitative estimate of drug-likeness (QED) is 0.661. The molecular formula is C18H22. The minimum atomic E-state index is 0.547. The van der Waals surface area contributed by atoms with E-state index in [4.69, 9.17) is 0 Å². The third-order valence-corrected chi connectivity index (χ3v) is 3.49. The van der Waals surface area contributed by atoms with Crippen LogP contribution in [0.2, 0.25) is 0 Å². The Morgan fingerprint density at radius 2 is 1.61 bits per heavy atom. The molecule has 0 aliphatic heterocycles. The molecule has 0 spiro atoms. The molecule has 2 rings (SSSR count). The first-order chi connectivity index (χ1) is 8.81. The predicted octanol–water partition coefficient (Wildman–Crippen LogP) is 5.32. The van der Waals surface area contributed by atoms with E-state index < -0.39 is 0 Å². The van der Waals surface area contributed by atoms with Crippen LogP contribution in [0.3, 0.4) is 0 Å². The maximum absolute atomic E-state index is 2.33. The van der Waals surface area contributed by atoms with Gasteiger partial charge in [-0.25, -0.2) is 0 Å². The van der Waals surface area contributed by atoms with Gasteiger partial charge in [-0.1, -0.05) is 79.9 Å². The molecule has 0 bridgehead atoms. The molecule has 0 N–H and O–H groups in total. The van der Waals surface area contributed by atoms with Crippen LogP contribution in [-0.2, 0) is 0 Å². The van der Waals surface area contributed by atoms with Gasteiger partial charge in [-0.15, -0.1) is 0 Å². The van der Waals surface area contributed by atoms with Crippen molar-refractivity contribution in [2.75, 3.05) is 0 Å². The van der Waals surface area contributed by atoms with Gasteiger partial charge in [0.15, 0.2) is 0 Å². The van der Waals surface area contributed by atoms with Crippen LogP contribution in [0.5, 0.6) is 0 Å². The Balaban J connectivity index is 2.31. The highest BCUT2D eigenvalue weighted by molar-refractivity contribution is 5.34. The van der Waals surface area contributed by atoms with Crippen molar-refractivity contribution in [1.82, 2.24) is 0 Å². The van der Waals surface area contributed by atoms with Crippen molar-refractivity contribution in [2.45, 2.75) is 39.0 Å². The summed E-state index contributed by atoms with van der Waals surface area (Å²) in [6.07, 6.45) is 3.78. The van der Waals surface area contributed by atoms with Crippen molar-refractivity contribution < 1.29 is 0 Å². The van der Waals surface area contributed by atoms with Crippen LogP contribution in [0.25, 0.3) is 0 Å². The van der Waals surface area contributed by atoms with Crippen molar-refractivity contribution in [2.24, 2.45) is 0 Å². The molecular weight excluding hydrogens is 216 g/mol. The molecule has 0 saturated carbocycles. The molecule has 2 aromatic rings. The third kappa shape index (κ3) is 3.22. The van der Waals surface area contributed by atoms with Gasteiger partial charge in [-0.05, 0) is 24.5 Å². The second-order valence-corrected chi connectivity index (χ2v) is 5.02. The Bertz CT molecular complexity index is 470. The van der Waals surface area contributed by atoms with E-state index in [1.807, 2.05) is 0 Å². The van der Waals surface area contributed by atoms with Crippen molar-refractivity contribution in [3.63, 3.8) is 0 Å². The Morgan fingerprint density at radius 1 is 0.889 bits per heavy atom. The van der Waals surface area contributed by atoms with Gasteiger partial charge < -0.3 is 0 Å². The smallest absolute Gasteiger partial charge is 0.00894 e.